The number of carbonyl (C=O) groups is 1. The highest BCUT2D eigenvalue weighted by atomic mass is 16.2. The summed E-state index contributed by atoms with van der Waals surface area (Å²) < 4.78 is 0. The van der Waals surface area contributed by atoms with Crippen LogP contribution >= 0.6 is 0 Å². The fourth-order valence-corrected chi connectivity index (χ4v) is 2.35. The molecular weight excluding hydrogens is 224 g/mol. The topological polar surface area (TPSA) is 46.3 Å². The molecule has 2 rings (SSSR count). The number of benzene rings is 1. The highest BCUT2D eigenvalue weighted by molar-refractivity contribution is 5.78. The Bertz CT molecular complexity index is 431. The number of nitrogens with zero attached hydrogens (tertiary/aromatic N) is 1. The molecule has 98 valence electrons. The van der Waals surface area contributed by atoms with Crippen LogP contribution in [0.5, 0.6) is 0 Å². The van der Waals surface area contributed by atoms with Crippen molar-refractivity contribution in [2.75, 3.05) is 12.3 Å². The van der Waals surface area contributed by atoms with Crippen molar-refractivity contribution in [3.8, 4) is 0 Å². The SMILES string of the molecule is CC(C)(C)C1CC(=O)N(Cc2ccc(N)cc2)C1. The molecule has 1 unspecified atom stereocenters. The Labute approximate surface area is 109 Å². The largest absolute Gasteiger partial charge is 0.399 e. The zero-order valence-corrected chi connectivity index (χ0v) is 11.4. The van der Waals surface area contributed by atoms with E-state index in [9.17, 15) is 4.79 Å². The molecule has 3 heteroatoms. The van der Waals surface area contributed by atoms with Crippen molar-refractivity contribution in [3.05, 3.63) is 29.8 Å². The van der Waals surface area contributed by atoms with E-state index in [0.717, 1.165) is 17.8 Å². The molecule has 1 aromatic rings. The smallest absolute Gasteiger partial charge is 0.223 e. The minimum Gasteiger partial charge on any atom is -0.399 e. The molecule has 1 amide bonds. The minimum absolute atomic E-state index is 0.200. The number of anilines is 1. The van der Waals surface area contributed by atoms with E-state index >= 15 is 0 Å². The molecule has 1 saturated heterocycles. The van der Waals surface area contributed by atoms with Crippen LogP contribution in [0.2, 0.25) is 0 Å². The van der Waals surface area contributed by atoms with Gasteiger partial charge in [0.2, 0.25) is 5.91 Å². The van der Waals surface area contributed by atoms with Crippen molar-refractivity contribution >= 4 is 11.6 Å². The van der Waals surface area contributed by atoms with Gasteiger partial charge in [-0.1, -0.05) is 32.9 Å². The number of nitrogen functional groups attached to an aromatic ring is 1. The van der Waals surface area contributed by atoms with E-state index in [1.165, 1.54) is 0 Å². The van der Waals surface area contributed by atoms with Crippen molar-refractivity contribution in [1.82, 2.24) is 4.90 Å². The second-order valence-corrected chi connectivity index (χ2v) is 6.28. The zero-order valence-electron chi connectivity index (χ0n) is 11.4. The molecule has 1 heterocycles. The van der Waals surface area contributed by atoms with E-state index in [2.05, 4.69) is 20.8 Å². The van der Waals surface area contributed by atoms with Gasteiger partial charge in [-0.3, -0.25) is 4.79 Å². The molecule has 0 aliphatic carbocycles. The van der Waals surface area contributed by atoms with Crippen LogP contribution < -0.4 is 5.73 Å². The summed E-state index contributed by atoms with van der Waals surface area (Å²) in [7, 11) is 0. The Hall–Kier alpha value is -1.51. The van der Waals surface area contributed by atoms with Crippen molar-refractivity contribution in [2.45, 2.75) is 33.7 Å². The fraction of sp³-hybridized carbons (Fsp3) is 0.533. The average molecular weight is 246 g/mol. The quantitative estimate of drug-likeness (QED) is 0.815. The van der Waals surface area contributed by atoms with Gasteiger partial charge in [-0.05, 0) is 29.0 Å². The molecule has 1 fully saturated rings. The molecule has 0 saturated carbocycles. The molecule has 0 aromatic heterocycles. The van der Waals surface area contributed by atoms with Crippen LogP contribution in [-0.4, -0.2) is 17.4 Å². The second kappa shape index (κ2) is 4.63. The van der Waals surface area contributed by atoms with Crippen LogP contribution in [0.3, 0.4) is 0 Å². The van der Waals surface area contributed by atoms with Gasteiger partial charge < -0.3 is 10.6 Å². The lowest BCUT2D eigenvalue weighted by Crippen LogP contribution is -2.27. The molecule has 0 spiro atoms. The predicted molar refractivity (Wildman–Crippen MR) is 73.8 cm³/mol. The highest BCUT2D eigenvalue weighted by Gasteiger charge is 2.36. The summed E-state index contributed by atoms with van der Waals surface area (Å²) in [5.41, 5.74) is 7.77. The molecule has 1 aliphatic heterocycles. The summed E-state index contributed by atoms with van der Waals surface area (Å²) in [6, 6.07) is 7.76. The van der Waals surface area contributed by atoms with E-state index in [0.29, 0.717) is 18.9 Å². The Kier molecular flexibility index (Phi) is 3.33. The van der Waals surface area contributed by atoms with Crippen LogP contribution in [0.15, 0.2) is 24.3 Å². The van der Waals surface area contributed by atoms with E-state index in [-0.39, 0.29) is 11.3 Å². The Balaban J connectivity index is 2.03. The van der Waals surface area contributed by atoms with Crippen LogP contribution in [0, 0.1) is 11.3 Å². The maximum atomic E-state index is 12.0. The number of nitrogens with two attached hydrogens (primary N) is 1. The first kappa shape index (κ1) is 12.9. The van der Waals surface area contributed by atoms with Gasteiger partial charge in [-0.15, -0.1) is 0 Å². The maximum Gasteiger partial charge on any atom is 0.223 e. The van der Waals surface area contributed by atoms with Crippen LogP contribution in [0.25, 0.3) is 0 Å². The molecule has 3 nitrogen and oxygen atoms in total. The predicted octanol–water partition coefficient (Wildman–Crippen LogP) is 2.66. The maximum absolute atomic E-state index is 12.0. The summed E-state index contributed by atoms with van der Waals surface area (Å²) in [6.07, 6.45) is 0.679. The third-order valence-electron chi connectivity index (χ3n) is 3.79. The number of amides is 1. The van der Waals surface area contributed by atoms with Gasteiger partial charge in [0, 0.05) is 25.2 Å². The van der Waals surface area contributed by atoms with Gasteiger partial charge in [-0.2, -0.15) is 0 Å². The van der Waals surface area contributed by atoms with Gasteiger partial charge in [-0.25, -0.2) is 0 Å². The summed E-state index contributed by atoms with van der Waals surface area (Å²) in [5.74, 6) is 0.727. The Morgan fingerprint density at radius 3 is 2.39 bits per heavy atom. The normalized spacial score (nSPS) is 20.5. The fourth-order valence-electron chi connectivity index (χ4n) is 2.35. The van der Waals surface area contributed by atoms with Crippen molar-refractivity contribution < 1.29 is 4.79 Å². The number of rotatable bonds is 2. The van der Waals surface area contributed by atoms with Gasteiger partial charge in [0.15, 0.2) is 0 Å². The molecule has 1 atom stereocenters. The highest BCUT2D eigenvalue weighted by Crippen LogP contribution is 2.34. The molecule has 1 aromatic carbocycles. The molecule has 0 radical (unpaired) electrons. The van der Waals surface area contributed by atoms with Crippen molar-refractivity contribution in [3.63, 3.8) is 0 Å². The monoisotopic (exact) mass is 246 g/mol. The van der Waals surface area contributed by atoms with Gasteiger partial charge in [0.25, 0.3) is 0 Å². The van der Waals surface area contributed by atoms with Crippen molar-refractivity contribution in [2.24, 2.45) is 11.3 Å². The zero-order chi connectivity index (χ0) is 13.3. The molecule has 18 heavy (non-hydrogen) atoms. The number of hydrogen-bond acceptors (Lipinski definition) is 2. The van der Waals surface area contributed by atoms with Gasteiger partial charge in [0.1, 0.15) is 0 Å². The average Bonchev–Trinajstić information content (AvgIpc) is 2.63. The van der Waals surface area contributed by atoms with E-state index in [1.54, 1.807) is 0 Å². The Morgan fingerprint density at radius 1 is 1.28 bits per heavy atom. The summed E-state index contributed by atoms with van der Waals surface area (Å²) in [6.45, 7) is 8.19. The molecular formula is C15H22N2O. The van der Waals surface area contributed by atoms with Crippen LogP contribution in [0.4, 0.5) is 5.69 Å². The van der Waals surface area contributed by atoms with E-state index < -0.39 is 0 Å². The first-order valence-corrected chi connectivity index (χ1v) is 6.48. The first-order valence-electron chi connectivity index (χ1n) is 6.48. The number of hydrogen-bond donors (Lipinski definition) is 1. The van der Waals surface area contributed by atoms with E-state index in [4.69, 9.17) is 5.73 Å². The minimum atomic E-state index is 0.200. The van der Waals surface area contributed by atoms with Crippen LogP contribution in [-0.2, 0) is 11.3 Å². The molecule has 0 bridgehead atoms. The van der Waals surface area contributed by atoms with Gasteiger partial charge >= 0.3 is 0 Å². The summed E-state index contributed by atoms with van der Waals surface area (Å²) >= 11 is 0. The van der Waals surface area contributed by atoms with Gasteiger partial charge in [0.05, 0.1) is 0 Å². The van der Waals surface area contributed by atoms with Crippen molar-refractivity contribution in [1.29, 1.82) is 0 Å². The summed E-state index contributed by atoms with van der Waals surface area (Å²) in [5, 5.41) is 0. The summed E-state index contributed by atoms with van der Waals surface area (Å²) in [4.78, 5) is 14.0. The standard InChI is InChI=1S/C15H22N2O/c1-15(2,3)12-8-14(18)17(10-12)9-11-4-6-13(16)7-5-11/h4-7,12H,8-10,16H2,1-3H3. The van der Waals surface area contributed by atoms with E-state index in [1.807, 2.05) is 29.2 Å². The number of likely N-dealkylation sites (tertiary alicyclic amines) is 1. The van der Waals surface area contributed by atoms with Crippen LogP contribution in [0.1, 0.15) is 32.8 Å². The third-order valence-corrected chi connectivity index (χ3v) is 3.79. The lowest BCUT2D eigenvalue weighted by atomic mass is 9.80. The second-order valence-electron chi connectivity index (χ2n) is 6.28. The Morgan fingerprint density at radius 2 is 1.89 bits per heavy atom. The number of carbonyl (C=O) groups excluding carboxylic acids is 1. The first-order chi connectivity index (χ1) is 8.36. The third kappa shape index (κ3) is 2.84. The lowest BCUT2D eigenvalue weighted by molar-refractivity contribution is -0.128. The molecule has 2 N–H and O–H groups in total. The lowest BCUT2D eigenvalue weighted by Gasteiger charge is -2.26. The molecule has 1 aliphatic rings.